The molecule has 1 rings (SSSR count). The number of nitrogens with zero attached hydrogens (tertiary/aromatic N) is 1. The van der Waals surface area contributed by atoms with Crippen LogP contribution < -0.4 is 5.73 Å². The van der Waals surface area contributed by atoms with E-state index in [1.807, 2.05) is 0 Å². The standard InChI is InChI=1S/C14H30N2/c1-4-5-6-7-13(3)16-9-8-12(2)14(10-15)11-16/h12-14H,4-11,15H2,1-3H3. The van der Waals surface area contributed by atoms with E-state index in [0.717, 1.165) is 24.4 Å². The molecule has 2 heteroatoms. The van der Waals surface area contributed by atoms with Gasteiger partial charge in [-0.15, -0.1) is 0 Å². The topological polar surface area (TPSA) is 29.3 Å². The molecule has 1 fully saturated rings. The van der Waals surface area contributed by atoms with Gasteiger partial charge in [0.2, 0.25) is 0 Å². The molecule has 1 saturated heterocycles. The Kier molecular flexibility index (Phi) is 6.37. The van der Waals surface area contributed by atoms with Gasteiger partial charge in [0.25, 0.3) is 0 Å². The van der Waals surface area contributed by atoms with Crippen LogP contribution in [0.1, 0.15) is 52.9 Å². The van der Waals surface area contributed by atoms with Gasteiger partial charge in [0.15, 0.2) is 0 Å². The number of unbranched alkanes of at least 4 members (excludes halogenated alkanes) is 2. The highest BCUT2D eigenvalue weighted by Gasteiger charge is 2.27. The van der Waals surface area contributed by atoms with Crippen molar-refractivity contribution < 1.29 is 0 Å². The molecule has 3 unspecified atom stereocenters. The molecule has 0 radical (unpaired) electrons. The summed E-state index contributed by atoms with van der Waals surface area (Å²) < 4.78 is 0. The third kappa shape index (κ3) is 4.06. The maximum absolute atomic E-state index is 5.85. The molecule has 0 amide bonds. The van der Waals surface area contributed by atoms with Gasteiger partial charge in [0.05, 0.1) is 0 Å². The van der Waals surface area contributed by atoms with Crippen LogP contribution in [0.15, 0.2) is 0 Å². The minimum atomic E-state index is 0.724. The second-order valence-electron chi connectivity index (χ2n) is 5.60. The Morgan fingerprint density at radius 1 is 1.38 bits per heavy atom. The Labute approximate surface area is 102 Å². The molecule has 0 saturated carbocycles. The van der Waals surface area contributed by atoms with E-state index in [1.54, 1.807) is 0 Å². The average molecular weight is 226 g/mol. The molecule has 3 atom stereocenters. The third-order valence-electron chi connectivity index (χ3n) is 4.30. The highest BCUT2D eigenvalue weighted by molar-refractivity contribution is 4.81. The maximum atomic E-state index is 5.85. The first kappa shape index (κ1) is 14.0. The molecule has 0 aromatic heterocycles. The van der Waals surface area contributed by atoms with Crippen LogP contribution in [0, 0.1) is 11.8 Å². The highest BCUT2D eigenvalue weighted by atomic mass is 15.2. The van der Waals surface area contributed by atoms with Crippen molar-refractivity contribution in [1.29, 1.82) is 0 Å². The van der Waals surface area contributed by atoms with Crippen LogP contribution in [-0.2, 0) is 0 Å². The largest absolute Gasteiger partial charge is 0.330 e. The summed E-state index contributed by atoms with van der Waals surface area (Å²) >= 11 is 0. The van der Waals surface area contributed by atoms with Crippen LogP contribution in [0.2, 0.25) is 0 Å². The fraction of sp³-hybridized carbons (Fsp3) is 1.00. The lowest BCUT2D eigenvalue weighted by molar-refractivity contribution is 0.0929. The molecule has 0 bridgehead atoms. The van der Waals surface area contributed by atoms with E-state index in [4.69, 9.17) is 5.73 Å². The predicted octanol–water partition coefficient (Wildman–Crippen LogP) is 2.87. The highest BCUT2D eigenvalue weighted by Crippen LogP contribution is 2.24. The molecule has 1 aliphatic rings. The van der Waals surface area contributed by atoms with E-state index >= 15 is 0 Å². The van der Waals surface area contributed by atoms with Crippen molar-refractivity contribution in [2.45, 2.75) is 58.9 Å². The monoisotopic (exact) mass is 226 g/mol. The molecule has 96 valence electrons. The lowest BCUT2D eigenvalue weighted by atomic mass is 9.86. The average Bonchev–Trinajstić information content (AvgIpc) is 2.30. The quantitative estimate of drug-likeness (QED) is 0.706. The first-order valence-corrected chi connectivity index (χ1v) is 7.13. The molecule has 2 N–H and O–H groups in total. The molecular formula is C14H30N2. The second kappa shape index (κ2) is 7.29. The van der Waals surface area contributed by atoms with Gasteiger partial charge in [-0.3, -0.25) is 0 Å². The van der Waals surface area contributed by atoms with Gasteiger partial charge in [0, 0.05) is 12.6 Å². The van der Waals surface area contributed by atoms with E-state index in [1.165, 1.54) is 45.2 Å². The first-order valence-electron chi connectivity index (χ1n) is 7.13. The van der Waals surface area contributed by atoms with Gasteiger partial charge in [-0.2, -0.15) is 0 Å². The molecule has 0 aromatic carbocycles. The molecule has 1 aliphatic heterocycles. The fourth-order valence-electron chi connectivity index (χ4n) is 2.76. The number of nitrogens with two attached hydrogens (primary N) is 1. The smallest absolute Gasteiger partial charge is 0.00670 e. The molecular weight excluding hydrogens is 196 g/mol. The van der Waals surface area contributed by atoms with Gasteiger partial charge < -0.3 is 10.6 Å². The zero-order valence-corrected chi connectivity index (χ0v) is 11.4. The zero-order valence-electron chi connectivity index (χ0n) is 11.4. The number of rotatable bonds is 6. The summed E-state index contributed by atoms with van der Waals surface area (Å²) in [6.45, 7) is 10.4. The van der Waals surface area contributed by atoms with E-state index in [9.17, 15) is 0 Å². The summed E-state index contributed by atoms with van der Waals surface area (Å²) in [5.41, 5.74) is 5.85. The van der Waals surface area contributed by atoms with Crippen LogP contribution in [0.5, 0.6) is 0 Å². The molecule has 0 aliphatic carbocycles. The Hall–Kier alpha value is -0.0800. The summed E-state index contributed by atoms with van der Waals surface area (Å²) in [7, 11) is 0. The number of piperidine rings is 1. The first-order chi connectivity index (χ1) is 7.69. The van der Waals surface area contributed by atoms with Crippen molar-refractivity contribution in [3.63, 3.8) is 0 Å². The van der Waals surface area contributed by atoms with Gasteiger partial charge in [0.1, 0.15) is 0 Å². The summed E-state index contributed by atoms with van der Waals surface area (Å²) in [5, 5.41) is 0. The zero-order chi connectivity index (χ0) is 12.0. The van der Waals surface area contributed by atoms with Crippen molar-refractivity contribution in [2.24, 2.45) is 17.6 Å². The predicted molar refractivity (Wildman–Crippen MR) is 71.5 cm³/mol. The van der Waals surface area contributed by atoms with Gasteiger partial charge in [-0.05, 0) is 44.7 Å². The summed E-state index contributed by atoms with van der Waals surface area (Å²) in [6.07, 6.45) is 6.79. The van der Waals surface area contributed by atoms with Gasteiger partial charge in [-0.1, -0.05) is 33.1 Å². The van der Waals surface area contributed by atoms with Gasteiger partial charge in [-0.25, -0.2) is 0 Å². The molecule has 1 heterocycles. The van der Waals surface area contributed by atoms with Crippen molar-refractivity contribution >= 4 is 0 Å². The minimum absolute atomic E-state index is 0.724. The number of hydrogen-bond donors (Lipinski definition) is 1. The molecule has 2 nitrogen and oxygen atoms in total. The third-order valence-corrected chi connectivity index (χ3v) is 4.30. The van der Waals surface area contributed by atoms with Crippen molar-refractivity contribution in [2.75, 3.05) is 19.6 Å². The van der Waals surface area contributed by atoms with Crippen LogP contribution in [0.4, 0.5) is 0 Å². The van der Waals surface area contributed by atoms with E-state index in [2.05, 4.69) is 25.7 Å². The Morgan fingerprint density at radius 3 is 2.75 bits per heavy atom. The normalized spacial score (nSPS) is 29.2. The Balaban J connectivity index is 2.30. The van der Waals surface area contributed by atoms with Crippen LogP contribution in [-0.4, -0.2) is 30.6 Å². The van der Waals surface area contributed by atoms with Crippen molar-refractivity contribution in [3.8, 4) is 0 Å². The lowest BCUT2D eigenvalue weighted by Crippen LogP contribution is -2.46. The Morgan fingerprint density at radius 2 is 2.12 bits per heavy atom. The molecule has 0 aromatic rings. The van der Waals surface area contributed by atoms with Crippen molar-refractivity contribution in [3.05, 3.63) is 0 Å². The summed E-state index contributed by atoms with van der Waals surface area (Å²) in [6, 6.07) is 0.757. The molecule has 16 heavy (non-hydrogen) atoms. The van der Waals surface area contributed by atoms with E-state index in [-0.39, 0.29) is 0 Å². The Bertz CT molecular complexity index is 182. The SMILES string of the molecule is CCCCCC(C)N1CCC(C)C(CN)C1. The minimum Gasteiger partial charge on any atom is -0.330 e. The number of hydrogen-bond acceptors (Lipinski definition) is 2. The van der Waals surface area contributed by atoms with Crippen LogP contribution in [0.3, 0.4) is 0 Å². The van der Waals surface area contributed by atoms with E-state index in [0.29, 0.717) is 0 Å². The van der Waals surface area contributed by atoms with Gasteiger partial charge >= 0.3 is 0 Å². The van der Waals surface area contributed by atoms with Crippen LogP contribution in [0.25, 0.3) is 0 Å². The summed E-state index contributed by atoms with van der Waals surface area (Å²) in [5.74, 6) is 1.55. The molecule has 0 spiro atoms. The van der Waals surface area contributed by atoms with E-state index < -0.39 is 0 Å². The summed E-state index contributed by atoms with van der Waals surface area (Å²) in [4.78, 5) is 2.66. The maximum Gasteiger partial charge on any atom is 0.00670 e. The lowest BCUT2D eigenvalue weighted by Gasteiger charge is -2.40. The van der Waals surface area contributed by atoms with Crippen LogP contribution >= 0.6 is 0 Å². The van der Waals surface area contributed by atoms with Crippen molar-refractivity contribution in [1.82, 2.24) is 4.90 Å². The fourth-order valence-corrected chi connectivity index (χ4v) is 2.76. The second-order valence-corrected chi connectivity index (χ2v) is 5.60. The number of likely N-dealkylation sites (tertiary alicyclic amines) is 1.